The van der Waals surface area contributed by atoms with Crippen LogP contribution in [0.2, 0.25) is 0 Å². The van der Waals surface area contributed by atoms with Crippen LogP contribution in [0, 0.1) is 6.92 Å². The molecule has 0 amide bonds. The minimum Gasteiger partial charge on any atom is -0.489 e. The zero-order chi connectivity index (χ0) is 15.1. The summed E-state index contributed by atoms with van der Waals surface area (Å²) in [7, 11) is 0. The van der Waals surface area contributed by atoms with E-state index in [2.05, 4.69) is 24.3 Å². The van der Waals surface area contributed by atoms with E-state index in [1.165, 1.54) is 17.5 Å². The Hall–Kier alpha value is -2.09. The molecule has 2 nitrogen and oxygen atoms in total. The second kappa shape index (κ2) is 5.28. The van der Waals surface area contributed by atoms with Crippen LogP contribution < -0.4 is 4.74 Å². The van der Waals surface area contributed by atoms with Crippen molar-refractivity contribution in [3.63, 3.8) is 0 Å². The monoisotopic (exact) mass is 292 g/mol. The van der Waals surface area contributed by atoms with E-state index < -0.39 is 0 Å². The number of Topliss-reactive ketones (excluding diaryl/α,β-unsaturated/α-hetero) is 1. The van der Waals surface area contributed by atoms with Crippen molar-refractivity contribution >= 4 is 5.78 Å². The van der Waals surface area contributed by atoms with Crippen LogP contribution in [0.3, 0.4) is 0 Å². The molecule has 0 spiro atoms. The highest BCUT2D eigenvalue weighted by Gasteiger charge is 2.35. The SMILES string of the molecule is Cc1ccc2c(c1)OC(C1CCCc3ccccc31)CC2=O. The fourth-order valence-corrected chi connectivity index (χ4v) is 3.86. The first-order chi connectivity index (χ1) is 10.7. The molecule has 0 fully saturated rings. The zero-order valence-corrected chi connectivity index (χ0v) is 12.8. The van der Waals surface area contributed by atoms with Gasteiger partial charge in [-0.3, -0.25) is 4.79 Å². The molecule has 2 heteroatoms. The van der Waals surface area contributed by atoms with E-state index in [-0.39, 0.29) is 11.9 Å². The predicted molar refractivity (Wildman–Crippen MR) is 86.7 cm³/mol. The van der Waals surface area contributed by atoms with Crippen LogP contribution in [0.15, 0.2) is 42.5 Å². The van der Waals surface area contributed by atoms with Gasteiger partial charge in [0, 0.05) is 12.3 Å². The van der Waals surface area contributed by atoms with Gasteiger partial charge in [-0.2, -0.15) is 0 Å². The average molecular weight is 292 g/mol. The van der Waals surface area contributed by atoms with Gasteiger partial charge in [-0.05, 0) is 55.0 Å². The molecule has 2 aromatic carbocycles. The smallest absolute Gasteiger partial charge is 0.170 e. The third kappa shape index (κ3) is 2.23. The maximum atomic E-state index is 12.5. The first kappa shape index (κ1) is 13.6. The van der Waals surface area contributed by atoms with Gasteiger partial charge in [0.15, 0.2) is 5.78 Å². The molecule has 1 aliphatic carbocycles. The number of rotatable bonds is 1. The lowest BCUT2D eigenvalue weighted by Crippen LogP contribution is -2.34. The number of ketones is 1. The van der Waals surface area contributed by atoms with Gasteiger partial charge in [0.1, 0.15) is 11.9 Å². The van der Waals surface area contributed by atoms with Crippen LogP contribution in [0.1, 0.15) is 52.2 Å². The quantitative estimate of drug-likeness (QED) is 0.776. The molecule has 4 rings (SSSR count). The highest BCUT2D eigenvalue weighted by atomic mass is 16.5. The van der Waals surface area contributed by atoms with Crippen LogP contribution in [0.5, 0.6) is 5.75 Å². The van der Waals surface area contributed by atoms with Crippen molar-refractivity contribution in [3.05, 3.63) is 64.7 Å². The summed E-state index contributed by atoms with van der Waals surface area (Å²) in [4.78, 5) is 12.5. The summed E-state index contributed by atoms with van der Waals surface area (Å²) in [6, 6.07) is 14.5. The summed E-state index contributed by atoms with van der Waals surface area (Å²) in [6.45, 7) is 2.04. The minimum absolute atomic E-state index is 0.0248. The number of hydrogen-bond donors (Lipinski definition) is 0. The van der Waals surface area contributed by atoms with Crippen molar-refractivity contribution in [2.45, 2.75) is 44.6 Å². The lowest BCUT2D eigenvalue weighted by Gasteiger charge is -2.35. The summed E-state index contributed by atoms with van der Waals surface area (Å²) >= 11 is 0. The fraction of sp³-hybridized carbons (Fsp3) is 0.350. The molecule has 112 valence electrons. The topological polar surface area (TPSA) is 26.3 Å². The summed E-state index contributed by atoms with van der Waals surface area (Å²) < 4.78 is 6.26. The Bertz CT molecular complexity index is 732. The van der Waals surface area contributed by atoms with Gasteiger partial charge < -0.3 is 4.74 Å². The summed E-state index contributed by atoms with van der Waals surface area (Å²) in [6.07, 6.45) is 3.90. The van der Waals surface area contributed by atoms with Gasteiger partial charge in [-0.1, -0.05) is 30.3 Å². The largest absolute Gasteiger partial charge is 0.489 e. The molecule has 2 aliphatic rings. The van der Waals surface area contributed by atoms with Crippen LogP contribution in [-0.4, -0.2) is 11.9 Å². The normalized spacial score (nSPS) is 23.4. The van der Waals surface area contributed by atoms with Gasteiger partial charge in [0.05, 0.1) is 5.56 Å². The number of carbonyl (C=O) groups excluding carboxylic acids is 1. The zero-order valence-electron chi connectivity index (χ0n) is 12.8. The number of hydrogen-bond acceptors (Lipinski definition) is 2. The van der Waals surface area contributed by atoms with Crippen LogP contribution in [0.4, 0.5) is 0 Å². The van der Waals surface area contributed by atoms with E-state index in [9.17, 15) is 4.79 Å². The highest BCUT2D eigenvalue weighted by Crippen LogP contribution is 2.40. The highest BCUT2D eigenvalue weighted by molar-refractivity contribution is 6.00. The lowest BCUT2D eigenvalue weighted by molar-refractivity contribution is 0.0794. The summed E-state index contributed by atoms with van der Waals surface area (Å²) in [5.41, 5.74) is 4.68. The number of aryl methyl sites for hydroxylation is 2. The van der Waals surface area contributed by atoms with Gasteiger partial charge in [-0.15, -0.1) is 0 Å². The fourth-order valence-electron chi connectivity index (χ4n) is 3.86. The van der Waals surface area contributed by atoms with Gasteiger partial charge >= 0.3 is 0 Å². The molecule has 2 atom stereocenters. The molecule has 22 heavy (non-hydrogen) atoms. The number of ether oxygens (including phenoxy) is 1. The predicted octanol–water partition coefficient (Wildman–Crippen LogP) is 4.45. The molecular formula is C20H20O2. The number of carbonyl (C=O) groups is 1. The van der Waals surface area contributed by atoms with Crippen LogP contribution >= 0.6 is 0 Å². The molecular weight excluding hydrogens is 272 g/mol. The molecule has 1 heterocycles. The first-order valence-corrected chi connectivity index (χ1v) is 8.10. The van der Waals surface area contributed by atoms with Gasteiger partial charge in [-0.25, -0.2) is 0 Å². The average Bonchev–Trinajstić information content (AvgIpc) is 2.53. The molecule has 0 N–H and O–H groups in total. The minimum atomic E-state index is -0.0248. The Kier molecular flexibility index (Phi) is 3.25. The molecule has 0 radical (unpaired) electrons. The standard InChI is InChI=1S/C20H20O2/c1-13-9-10-17-18(21)12-20(22-19(17)11-13)16-8-4-6-14-5-2-3-7-15(14)16/h2-3,5,7,9-11,16,20H,4,6,8,12H2,1H3. The van der Waals surface area contributed by atoms with Crippen LogP contribution in [-0.2, 0) is 6.42 Å². The molecule has 2 unspecified atom stereocenters. The van der Waals surface area contributed by atoms with E-state index in [0.717, 1.165) is 29.7 Å². The van der Waals surface area contributed by atoms with E-state index in [1.807, 2.05) is 25.1 Å². The van der Waals surface area contributed by atoms with Crippen molar-refractivity contribution in [1.82, 2.24) is 0 Å². The van der Waals surface area contributed by atoms with Crippen molar-refractivity contribution in [3.8, 4) is 5.75 Å². The van der Waals surface area contributed by atoms with Gasteiger partial charge in [0.25, 0.3) is 0 Å². The van der Waals surface area contributed by atoms with Crippen molar-refractivity contribution in [2.24, 2.45) is 0 Å². The number of benzene rings is 2. The number of fused-ring (bicyclic) bond motifs is 2. The van der Waals surface area contributed by atoms with Crippen molar-refractivity contribution in [1.29, 1.82) is 0 Å². The Morgan fingerprint density at radius 1 is 1.14 bits per heavy atom. The third-order valence-electron chi connectivity index (χ3n) is 4.97. The Labute approximate surface area is 131 Å². The van der Waals surface area contributed by atoms with E-state index in [4.69, 9.17) is 4.74 Å². The molecule has 2 aromatic rings. The Morgan fingerprint density at radius 3 is 2.91 bits per heavy atom. The maximum absolute atomic E-state index is 12.5. The molecule has 0 saturated heterocycles. The molecule has 1 aliphatic heterocycles. The van der Waals surface area contributed by atoms with E-state index in [0.29, 0.717) is 12.3 Å². The Morgan fingerprint density at radius 2 is 2.00 bits per heavy atom. The van der Waals surface area contributed by atoms with Gasteiger partial charge in [0.2, 0.25) is 0 Å². The first-order valence-electron chi connectivity index (χ1n) is 8.10. The second-order valence-electron chi connectivity index (χ2n) is 6.48. The van der Waals surface area contributed by atoms with Crippen LogP contribution in [0.25, 0.3) is 0 Å². The second-order valence-corrected chi connectivity index (χ2v) is 6.48. The molecule has 0 aromatic heterocycles. The van der Waals surface area contributed by atoms with E-state index in [1.54, 1.807) is 0 Å². The molecule has 0 saturated carbocycles. The summed E-state index contributed by atoms with van der Waals surface area (Å²) in [5, 5.41) is 0. The summed E-state index contributed by atoms with van der Waals surface area (Å²) in [5.74, 6) is 1.32. The maximum Gasteiger partial charge on any atom is 0.170 e. The van der Waals surface area contributed by atoms with Crippen molar-refractivity contribution in [2.75, 3.05) is 0 Å². The Balaban J connectivity index is 1.70. The van der Waals surface area contributed by atoms with Crippen molar-refractivity contribution < 1.29 is 9.53 Å². The van der Waals surface area contributed by atoms with E-state index >= 15 is 0 Å². The lowest BCUT2D eigenvalue weighted by atomic mass is 9.77. The third-order valence-corrected chi connectivity index (χ3v) is 4.97. The molecule has 0 bridgehead atoms.